The van der Waals surface area contributed by atoms with Gasteiger partial charge in [-0.1, -0.05) is 56.2 Å². The Hall–Kier alpha value is -5.65. The monoisotopic (exact) mass is 821 g/mol. The minimum Gasteiger partial charge on any atom is -0.493 e. The van der Waals surface area contributed by atoms with Gasteiger partial charge in [-0.3, -0.25) is 29.0 Å². The lowest BCUT2D eigenvalue weighted by atomic mass is 9.71. The number of unbranched alkanes of at least 4 members (excludes halogenated alkanes) is 2. The topological polar surface area (TPSA) is 169 Å². The molecule has 0 radical (unpaired) electrons. The van der Waals surface area contributed by atoms with E-state index in [1.54, 1.807) is 14.0 Å². The number of methoxy groups -OCH3 is 1. The zero-order valence-corrected chi connectivity index (χ0v) is 35.5. The van der Waals surface area contributed by atoms with Gasteiger partial charge in [-0.15, -0.1) is 0 Å². The number of likely N-dealkylation sites (N-methyl/N-ethyl adjacent to an activating group) is 1. The van der Waals surface area contributed by atoms with E-state index in [1.165, 1.54) is 6.92 Å². The Labute approximate surface area is 351 Å². The number of nitriles is 1. The molecule has 2 N–H and O–H groups in total. The molecule has 60 heavy (non-hydrogen) atoms. The maximum atomic E-state index is 13.9. The van der Waals surface area contributed by atoms with E-state index in [0.29, 0.717) is 71.1 Å². The number of amides is 2. The summed E-state index contributed by atoms with van der Waals surface area (Å²) in [7, 11) is 3.56. The van der Waals surface area contributed by atoms with Gasteiger partial charge < -0.3 is 34.3 Å². The summed E-state index contributed by atoms with van der Waals surface area (Å²) in [6, 6.07) is 11.0. The van der Waals surface area contributed by atoms with Crippen molar-refractivity contribution in [2.24, 2.45) is 0 Å². The largest absolute Gasteiger partial charge is 0.493 e. The summed E-state index contributed by atoms with van der Waals surface area (Å²) in [6.45, 7) is 8.77. The van der Waals surface area contributed by atoms with Crippen LogP contribution >= 0.6 is 0 Å². The Bertz CT molecular complexity index is 2200. The molecule has 2 bridgehead atoms. The summed E-state index contributed by atoms with van der Waals surface area (Å²) in [5.74, 6) is 0.568. The van der Waals surface area contributed by atoms with Crippen molar-refractivity contribution in [1.82, 2.24) is 20.4 Å². The van der Waals surface area contributed by atoms with Gasteiger partial charge in [-0.2, -0.15) is 5.26 Å². The highest BCUT2D eigenvalue weighted by Gasteiger charge is 2.57. The maximum Gasteiger partial charge on any atom is 0.311 e. The minimum absolute atomic E-state index is 0.0234. The quantitative estimate of drug-likeness (QED) is 0.120. The summed E-state index contributed by atoms with van der Waals surface area (Å²) in [6.07, 6.45) is 4.37. The van der Waals surface area contributed by atoms with E-state index in [9.17, 15) is 24.4 Å². The van der Waals surface area contributed by atoms with Crippen LogP contribution in [0.2, 0.25) is 0 Å². The van der Waals surface area contributed by atoms with Crippen LogP contribution in [0.5, 0.6) is 28.7 Å². The second kappa shape index (κ2) is 17.9. The minimum atomic E-state index is -0.858. The average molecular weight is 822 g/mol. The first-order valence-corrected chi connectivity index (χ1v) is 20.9. The van der Waals surface area contributed by atoms with Crippen LogP contribution in [0, 0.1) is 25.2 Å². The number of ether oxygens (including phenoxy) is 5. The molecule has 1 saturated heterocycles. The lowest BCUT2D eigenvalue weighted by molar-refractivity contribution is -0.135. The molecule has 0 saturated carbocycles. The molecular formula is C46H55N5O9. The highest BCUT2D eigenvalue weighted by atomic mass is 16.7. The highest BCUT2D eigenvalue weighted by Crippen LogP contribution is 2.58. The van der Waals surface area contributed by atoms with E-state index in [4.69, 9.17) is 23.7 Å². The fourth-order valence-corrected chi connectivity index (χ4v) is 9.70. The number of carbonyl (C=O) groups excluding carboxylic acids is 4. The second-order valence-electron chi connectivity index (χ2n) is 16.3. The predicted molar refractivity (Wildman–Crippen MR) is 221 cm³/mol. The molecular weight excluding hydrogens is 767 g/mol. The van der Waals surface area contributed by atoms with Crippen molar-refractivity contribution in [2.75, 3.05) is 27.5 Å². The van der Waals surface area contributed by atoms with Crippen molar-refractivity contribution in [3.63, 3.8) is 0 Å². The van der Waals surface area contributed by atoms with Gasteiger partial charge in [-0.25, -0.2) is 0 Å². The maximum absolute atomic E-state index is 13.9. The molecule has 14 heteroatoms. The number of aryl methyl sites for hydroxylation is 2. The Kier molecular flexibility index (Phi) is 12.7. The molecule has 2 unspecified atom stereocenters. The summed E-state index contributed by atoms with van der Waals surface area (Å²) in [5, 5.41) is 17.1. The van der Waals surface area contributed by atoms with Crippen molar-refractivity contribution in [1.29, 1.82) is 5.26 Å². The molecule has 4 heterocycles. The number of nitrogens with zero attached hydrogens (tertiary/aromatic N) is 3. The molecule has 3 aromatic carbocycles. The second-order valence-corrected chi connectivity index (χ2v) is 16.3. The number of rotatable bonds is 14. The van der Waals surface area contributed by atoms with Crippen LogP contribution in [-0.2, 0) is 38.4 Å². The van der Waals surface area contributed by atoms with Crippen LogP contribution < -0.4 is 34.3 Å². The van der Waals surface area contributed by atoms with E-state index in [2.05, 4.69) is 39.5 Å². The van der Waals surface area contributed by atoms with Gasteiger partial charge in [0.25, 0.3) is 0 Å². The molecule has 2 amide bonds. The van der Waals surface area contributed by atoms with Crippen molar-refractivity contribution >= 4 is 23.8 Å². The Morgan fingerprint density at radius 2 is 1.72 bits per heavy atom. The van der Waals surface area contributed by atoms with Crippen LogP contribution in [0.25, 0.3) is 0 Å². The van der Waals surface area contributed by atoms with Gasteiger partial charge in [0.05, 0.1) is 25.3 Å². The van der Waals surface area contributed by atoms with Gasteiger partial charge in [0.15, 0.2) is 23.0 Å². The molecule has 0 aliphatic carbocycles. The van der Waals surface area contributed by atoms with Gasteiger partial charge >= 0.3 is 11.9 Å². The molecule has 4 aliphatic heterocycles. The highest BCUT2D eigenvalue weighted by molar-refractivity contribution is 5.87. The Morgan fingerprint density at radius 3 is 2.42 bits per heavy atom. The van der Waals surface area contributed by atoms with Crippen LogP contribution in [0.3, 0.4) is 0 Å². The van der Waals surface area contributed by atoms with Crippen LogP contribution in [0.1, 0.15) is 104 Å². The molecule has 318 valence electrons. The first-order valence-electron chi connectivity index (χ1n) is 20.9. The number of hydrogen-bond donors (Lipinski definition) is 2. The number of piperazine rings is 1. The number of benzene rings is 3. The molecule has 0 aromatic heterocycles. The summed E-state index contributed by atoms with van der Waals surface area (Å²) < 4.78 is 30.4. The summed E-state index contributed by atoms with van der Waals surface area (Å²) >= 11 is 0. The van der Waals surface area contributed by atoms with Crippen molar-refractivity contribution in [3.8, 4) is 34.8 Å². The molecule has 7 rings (SSSR count). The number of carbonyl (C=O) groups is 4. The van der Waals surface area contributed by atoms with Crippen molar-refractivity contribution in [3.05, 3.63) is 75.3 Å². The first kappa shape index (κ1) is 42.5. The number of esters is 2. The normalized spacial score (nSPS) is 21.7. The van der Waals surface area contributed by atoms with E-state index in [0.717, 1.165) is 35.1 Å². The summed E-state index contributed by atoms with van der Waals surface area (Å²) in [4.78, 5) is 57.4. The van der Waals surface area contributed by atoms with Gasteiger partial charge in [0.1, 0.15) is 17.8 Å². The number of nitrogens with one attached hydrogen (secondary N) is 2. The third-order valence-electron chi connectivity index (χ3n) is 12.4. The number of fused-ring (bicyclic) bond motifs is 9. The number of hydrogen-bond acceptors (Lipinski definition) is 12. The first-order chi connectivity index (χ1) is 28.9. The predicted octanol–water partition coefficient (Wildman–Crippen LogP) is 5.48. The van der Waals surface area contributed by atoms with E-state index < -0.39 is 42.1 Å². The lowest BCUT2D eigenvalue weighted by Gasteiger charge is -2.60. The van der Waals surface area contributed by atoms with Crippen LogP contribution in [0.15, 0.2) is 36.4 Å². The van der Waals surface area contributed by atoms with Crippen molar-refractivity contribution < 1.29 is 42.9 Å². The molecule has 6 atom stereocenters. The Morgan fingerprint density at radius 1 is 0.967 bits per heavy atom. The average Bonchev–Trinajstić information content (AvgIpc) is 3.72. The zero-order chi connectivity index (χ0) is 42.8. The summed E-state index contributed by atoms with van der Waals surface area (Å²) in [5.41, 5.74) is 5.56. The smallest absolute Gasteiger partial charge is 0.311 e. The lowest BCUT2D eigenvalue weighted by Crippen LogP contribution is -2.69. The van der Waals surface area contributed by atoms with E-state index >= 15 is 0 Å². The van der Waals surface area contributed by atoms with Gasteiger partial charge in [0, 0.05) is 60.6 Å². The molecule has 14 nitrogen and oxygen atoms in total. The zero-order valence-electron chi connectivity index (χ0n) is 35.5. The van der Waals surface area contributed by atoms with E-state index in [1.807, 2.05) is 51.2 Å². The fraction of sp³-hybridized carbons (Fsp3) is 0.500. The SMILES string of the molecule is CCCCCC(=O)Oc1c(OC)c(C)cc2c1[C@@H]1C3Cc4c(OC(C)=O)c(C)c5c(c4[C@H](CNC(=O)C(C)NC(=O)CCc4ccccc4)N3[C@@H](C#N)[C@@H](C2)N1C)OCO5. The van der Waals surface area contributed by atoms with Gasteiger partial charge in [-0.05, 0) is 70.2 Å². The van der Waals surface area contributed by atoms with Gasteiger partial charge in [0.2, 0.25) is 18.6 Å². The Balaban J connectivity index is 1.30. The standard InChI is InChI=1S/C46H55N5O9/c1-8-9-11-16-37(54)60-45-38-30(19-25(2)41(45)56-7)20-32-34(22-47)51-33(40(38)50(32)6)21-31-39(44-43(57-24-58-44)26(3)42(31)59-28(5)52)35(51)23-48-46(55)27(4)49-36(53)18-17-29-14-12-10-13-15-29/h10,12-15,19,27,32-35,40H,8-9,11,16-18,20-21,23-24H2,1-7H3,(H,48,55)(H,49,53)/t27?,32-,33?,34+,35+,40+/m1/s1. The van der Waals surface area contributed by atoms with Crippen LogP contribution in [-0.4, -0.2) is 85.2 Å². The molecule has 1 fully saturated rings. The molecule has 3 aromatic rings. The third kappa shape index (κ3) is 8.00. The molecule has 0 spiro atoms. The van der Waals surface area contributed by atoms with Crippen LogP contribution in [0.4, 0.5) is 0 Å². The fourth-order valence-electron chi connectivity index (χ4n) is 9.70. The van der Waals surface area contributed by atoms with Crippen molar-refractivity contribution in [2.45, 2.75) is 122 Å². The molecule has 4 aliphatic rings. The van der Waals surface area contributed by atoms with E-state index in [-0.39, 0.29) is 44.1 Å². The third-order valence-corrected chi connectivity index (χ3v) is 12.4.